The Hall–Kier alpha value is -10.1. The molecule has 0 radical (unpaired) electrons. The van der Waals surface area contributed by atoms with Gasteiger partial charge in [0.25, 0.3) is 0 Å². The maximum atomic E-state index is 2.63. The lowest BCUT2D eigenvalue weighted by Crippen LogP contribution is -2.12. The van der Waals surface area contributed by atoms with Gasteiger partial charge < -0.3 is 8.80 Å². The van der Waals surface area contributed by atoms with Gasteiger partial charge >= 0.3 is 0 Å². The third-order valence-corrected chi connectivity index (χ3v) is 22.3. The number of rotatable bonds is 6. The molecule has 0 unspecified atom stereocenters. The van der Waals surface area contributed by atoms with Crippen LogP contribution in [-0.4, -0.2) is 8.80 Å². The van der Waals surface area contributed by atoms with E-state index in [1.807, 2.05) is 22.7 Å². The zero-order valence-corrected chi connectivity index (χ0v) is 52.6. The Morgan fingerprint density at radius 1 is 0.256 bits per heavy atom. The van der Waals surface area contributed by atoms with Gasteiger partial charge in [0.1, 0.15) is 0 Å². The maximum absolute atomic E-state index is 2.63. The summed E-state index contributed by atoms with van der Waals surface area (Å²) in [5.41, 5.74) is 24.9. The Balaban J connectivity index is 0.924. The van der Waals surface area contributed by atoms with E-state index < -0.39 is 0 Å². The molecule has 0 aliphatic heterocycles. The molecule has 0 saturated heterocycles. The fourth-order valence-corrected chi connectivity index (χ4v) is 18.0. The predicted molar refractivity (Wildman–Crippen MR) is 392 cm³/mol. The Bertz CT molecular complexity index is 5680. The van der Waals surface area contributed by atoms with Crippen LogP contribution >= 0.6 is 22.7 Å². The molecule has 2 nitrogen and oxygen atoms in total. The molecule has 6 heterocycles. The molecule has 426 valence electrons. The van der Waals surface area contributed by atoms with Gasteiger partial charge in [-0.05, 0) is 174 Å². The number of hydrogen-bond donors (Lipinski definition) is 0. The number of benzene rings is 13. The first-order valence-corrected chi connectivity index (χ1v) is 33.2. The first-order valence-electron chi connectivity index (χ1n) is 31.6. The van der Waals surface area contributed by atoms with E-state index in [1.165, 1.54) is 194 Å². The van der Waals surface area contributed by atoms with Crippen LogP contribution in [0.5, 0.6) is 0 Å². The van der Waals surface area contributed by atoms with Crippen molar-refractivity contribution in [3.63, 3.8) is 0 Å². The molecule has 0 bridgehead atoms. The van der Waals surface area contributed by atoms with Crippen LogP contribution in [0.3, 0.4) is 0 Å². The molecule has 0 spiro atoms. The Morgan fingerprint density at radius 2 is 0.589 bits per heavy atom. The summed E-state index contributed by atoms with van der Waals surface area (Å²) in [4.78, 5) is 0. The second kappa shape index (κ2) is 18.7. The van der Waals surface area contributed by atoms with Crippen LogP contribution in [0.1, 0.15) is 52.7 Å². The summed E-state index contributed by atoms with van der Waals surface area (Å²) in [5.74, 6) is 0. The van der Waals surface area contributed by atoms with Crippen LogP contribution in [0.15, 0.2) is 255 Å². The highest BCUT2D eigenvalue weighted by Crippen LogP contribution is 2.54. The van der Waals surface area contributed by atoms with Gasteiger partial charge in [0.05, 0.1) is 33.1 Å². The third kappa shape index (κ3) is 7.38. The van der Waals surface area contributed by atoms with E-state index in [4.69, 9.17) is 0 Å². The highest BCUT2D eigenvalue weighted by Gasteiger charge is 2.30. The van der Waals surface area contributed by atoms with Gasteiger partial charge in [0.2, 0.25) is 0 Å². The molecule has 13 aromatic carbocycles. The van der Waals surface area contributed by atoms with Crippen LogP contribution in [0.2, 0.25) is 0 Å². The zero-order valence-electron chi connectivity index (χ0n) is 51.0. The molecule has 0 aliphatic rings. The molecule has 0 aliphatic carbocycles. The third-order valence-electron chi connectivity index (χ3n) is 19.8. The Kier molecular flexibility index (Phi) is 10.8. The highest BCUT2D eigenvalue weighted by atomic mass is 32.1. The van der Waals surface area contributed by atoms with Crippen molar-refractivity contribution >= 4 is 139 Å². The molecule has 0 atom stereocenters. The van der Waals surface area contributed by atoms with Crippen molar-refractivity contribution in [1.29, 1.82) is 0 Å². The SMILES string of the molecule is CC(C)(C)c1cc(-c2ccccc2)c(-c2ccc3c(c2)c2c4sc5ccccc5c4cc4c5cc6c(cc5n3c42)c2cc3c4ccccc4sc3c3c4cc(-c5c(-c7ccccc7)cc(C(C)(C)C)cc5-c5ccccc5)ccc4n6c23)c(-c2ccccc2)c1. The van der Waals surface area contributed by atoms with Crippen molar-refractivity contribution in [3.05, 3.63) is 266 Å². The Labute approximate surface area is 529 Å². The fourth-order valence-electron chi connectivity index (χ4n) is 15.5. The van der Waals surface area contributed by atoms with Gasteiger partial charge in [-0.2, -0.15) is 0 Å². The molecule has 0 amide bonds. The smallest absolute Gasteiger partial charge is 0.0635 e. The van der Waals surface area contributed by atoms with Gasteiger partial charge in [-0.3, -0.25) is 0 Å². The monoisotopic (exact) mass is 1180 g/mol. The second-order valence-electron chi connectivity index (χ2n) is 27.1. The first kappa shape index (κ1) is 51.9. The van der Waals surface area contributed by atoms with Crippen molar-refractivity contribution in [1.82, 2.24) is 8.80 Å². The molecular formula is C86H60N2S2. The summed E-state index contributed by atoms with van der Waals surface area (Å²) in [5, 5.41) is 15.6. The van der Waals surface area contributed by atoms with Gasteiger partial charge in [0, 0.05) is 83.4 Å². The summed E-state index contributed by atoms with van der Waals surface area (Å²) in [6.07, 6.45) is 0. The standard InChI is InChI=1S/C86H60N2S2/c1-85(2,3)55-41-59(49-23-11-7-12-24-49)77(60(42-55)50-25-13-8-14-26-50)53-35-37-71-69(39-53)79-81-65(45-67-57-31-19-21-33-75(57)89-83(67)79)63-48-74-64(47-73(63)87(71)81)66-46-68-58-32-20-22-34-76(58)90-84(68)80-70-40-54(36-38-72(70)88(74)82(66)80)78-61(51-27-15-9-16-28-51)43-56(86(4,5)6)44-62(78)52-29-17-10-18-30-52/h7-48H,1-6H3. The largest absolute Gasteiger partial charge is 0.308 e. The number of nitrogens with zero attached hydrogens (tertiary/aromatic N) is 2. The lowest BCUT2D eigenvalue weighted by molar-refractivity contribution is 0.590. The molecular weight excluding hydrogens is 1130 g/mol. The normalized spacial score (nSPS) is 12.8. The average molecular weight is 1190 g/mol. The van der Waals surface area contributed by atoms with Crippen LogP contribution in [-0.2, 0) is 10.8 Å². The van der Waals surface area contributed by atoms with E-state index in [-0.39, 0.29) is 10.8 Å². The van der Waals surface area contributed by atoms with Crippen LogP contribution < -0.4 is 0 Å². The number of fused-ring (bicyclic) bond motifs is 20. The molecule has 0 saturated carbocycles. The summed E-state index contributed by atoms with van der Waals surface area (Å²) < 4.78 is 10.6. The highest BCUT2D eigenvalue weighted by molar-refractivity contribution is 7.27. The summed E-state index contributed by atoms with van der Waals surface area (Å²) in [6, 6.07) is 97.2. The summed E-state index contributed by atoms with van der Waals surface area (Å²) in [7, 11) is 0. The number of hydrogen-bond acceptors (Lipinski definition) is 2. The topological polar surface area (TPSA) is 8.82 Å². The first-order chi connectivity index (χ1) is 43.9. The van der Waals surface area contributed by atoms with Crippen molar-refractivity contribution in [2.24, 2.45) is 0 Å². The quantitative estimate of drug-likeness (QED) is 0.157. The molecule has 90 heavy (non-hydrogen) atoms. The molecule has 4 heteroatoms. The van der Waals surface area contributed by atoms with E-state index in [0.29, 0.717) is 0 Å². The minimum absolute atomic E-state index is 0.0648. The molecule has 19 rings (SSSR count). The van der Waals surface area contributed by atoms with E-state index in [0.717, 1.165) is 0 Å². The molecule has 0 fully saturated rings. The molecule has 0 N–H and O–H groups in total. The van der Waals surface area contributed by atoms with Crippen LogP contribution in [0, 0.1) is 0 Å². The summed E-state index contributed by atoms with van der Waals surface area (Å²) in [6.45, 7) is 14.0. The average Bonchev–Trinajstić information content (AvgIpc) is 1.51. The van der Waals surface area contributed by atoms with Gasteiger partial charge in [-0.1, -0.05) is 211 Å². The van der Waals surface area contributed by atoms with E-state index in [9.17, 15) is 0 Å². The fraction of sp³-hybridized carbons (Fsp3) is 0.0930. The van der Waals surface area contributed by atoms with Crippen molar-refractivity contribution in [2.75, 3.05) is 0 Å². The van der Waals surface area contributed by atoms with E-state index in [1.54, 1.807) is 0 Å². The number of aromatic nitrogens is 2. The molecule has 6 aromatic heterocycles. The predicted octanol–water partition coefficient (Wildman–Crippen LogP) is 25.3. The van der Waals surface area contributed by atoms with Crippen LogP contribution in [0.25, 0.3) is 183 Å². The van der Waals surface area contributed by atoms with Gasteiger partial charge in [-0.25, -0.2) is 0 Å². The van der Waals surface area contributed by atoms with Gasteiger partial charge in [-0.15, -0.1) is 22.7 Å². The lowest BCUT2D eigenvalue weighted by atomic mass is 9.79. The zero-order chi connectivity index (χ0) is 60.1. The Morgan fingerprint density at radius 3 is 0.933 bits per heavy atom. The van der Waals surface area contributed by atoms with E-state index >= 15 is 0 Å². The minimum atomic E-state index is -0.0648. The van der Waals surface area contributed by atoms with Crippen molar-refractivity contribution in [3.8, 4) is 66.8 Å². The van der Waals surface area contributed by atoms with Crippen molar-refractivity contribution in [2.45, 2.75) is 52.4 Å². The maximum Gasteiger partial charge on any atom is 0.0635 e. The minimum Gasteiger partial charge on any atom is -0.308 e. The summed E-state index contributed by atoms with van der Waals surface area (Å²) >= 11 is 3.88. The van der Waals surface area contributed by atoms with Crippen LogP contribution in [0.4, 0.5) is 0 Å². The van der Waals surface area contributed by atoms with Crippen molar-refractivity contribution < 1.29 is 0 Å². The van der Waals surface area contributed by atoms with Gasteiger partial charge in [0.15, 0.2) is 0 Å². The lowest BCUT2D eigenvalue weighted by Gasteiger charge is -2.25. The second-order valence-corrected chi connectivity index (χ2v) is 29.2. The number of thiophene rings is 2. The molecule has 19 aromatic rings. The van der Waals surface area contributed by atoms with E-state index in [2.05, 4.69) is 305 Å².